The Kier molecular flexibility index (Phi) is 6.36. The lowest BCUT2D eigenvalue weighted by molar-refractivity contribution is 0.588. The van der Waals surface area contributed by atoms with E-state index in [1.807, 2.05) is 43.3 Å². The summed E-state index contributed by atoms with van der Waals surface area (Å²) in [7, 11) is 0.000266. The van der Waals surface area contributed by atoms with E-state index in [-0.39, 0.29) is 16.7 Å². The van der Waals surface area contributed by atoms with Crippen molar-refractivity contribution >= 4 is 21.7 Å². The number of nitrogens with zero attached hydrogens (tertiary/aromatic N) is 6. The average Bonchev–Trinajstić information content (AvgIpc) is 3.39. The zero-order chi connectivity index (χ0) is 26.0. The van der Waals surface area contributed by atoms with Crippen molar-refractivity contribution in [3.63, 3.8) is 0 Å². The van der Waals surface area contributed by atoms with Crippen LogP contribution >= 0.6 is 0 Å². The van der Waals surface area contributed by atoms with Crippen molar-refractivity contribution in [1.29, 1.82) is 0 Å². The highest BCUT2D eigenvalue weighted by atomic mass is 32.2. The van der Waals surface area contributed by atoms with E-state index >= 15 is 0 Å². The molecule has 186 valence electrons. The molecule has 0 radical (unpaired) electrons. The van der Waals surface area contributed by atoms with Gasteiger partial charge in [0.15, 0.2) is 11.6 Å². The van der Waals surface area contributed by atoms with Gasteiger partial charge in [0.05, 0.1) is 11.1 Å². The maximum Gasteiger partial charge on any atom is 0.264 e. The summed E-state index contributed by atoms with van der Waals surface area (Å²) in [6.07, 6.45) is 3.26. The monoisotopic (exact) mass is 513 g/mol. The van der Waals surface area contributed by atoms with Gasteiger partial charge in [0, 0.05) is 37.1 Å². The number of sulfonamides is 1. The predicted molar refractivity (Wildman–Crippen MR) is 140 cm³/mol. The molecule has 0 aliphatic carbocycles. The van der Waals surface area contributed by atoms with Crippen LogP contribution in [0.4, 0.5) is 11.6 Å². The first kappa shape index (κ1) is 24.1. The average molecular weight is 514 g/mol. The molecule has 0 aliphatic heterocycles. The number of rotatable bonds is 7. The molecule has 0 spiro atoms. The number of anilines is 2. The van der Waals surface area contributed by atoms with Gasteiger partial charge < -0.3 is 9.32 Å². The second-order valence-electron chi connectivity index (χ2n) is 8.35. The Hall–Kier alpha value is -4.64. The Balaban J connectivity index is 1.35. The fourth-order valence-electron chi connectivity index (χ4n) is 3.56. The Morgan fingerprint density at radius 1 is 0.838 bits per heavy atom. The van der Waals surface area contributed by atoms with Crippen LogP contribution in [0.5, 0.6) is 0 Å². The van der Waals surface area contributed by atoms with Crippen molar-refractivity contribution in [2.45, 2.75) is 11.8 Å². The highest BCUT2D eigenvalue weighted by Gasteiger charge is 2.18. The maximum atomic E-state index is 13.0. The van der Waals surface area contributed by atoms with Crippen LogP contribution in [0.1, 0.15) is 5.82 Å². The zero-order valence-corrected chi connectivity index (χ0v) is 21.1. The van der Waals surface area contributed by atoms with Crippen LogP contribution in [0.2, 0.25) is 0 Å². The fourth-order valence-corrected chi connectivity index (χ4v) is 4.50. The molecule has 10 nitrogen and oxygen atoms in total. The van der Waals surface area contributed by atoms with Crippen LogP contribution in [0.25, 0.3) is 34.3 Å². The van der Waals surface area contributed by atoms with E-state index in [0.29, 0.717) is 28.7 Å². The smallest absolute Gasteiger partial charge is 0.264 e. The van der Waals surface area contributed by atoms with Gasteiger partial charge in [-0.05, 0) is 67.6 Å². The number of benzene rings is 2. The minimum atomic E-state index is -3.96. The summed E-state index contributed by atoms with van der Waals surface area (Å²) in [4.78, 5) is 23.2. The molecule has 0 fully saturated rings. The molecule has 5 aromatic rings. The summed E-state index contributed by atoms with van der Waals surface area (Å²) in [6.45, 7) is 1.65. The van der Waals surface area contributed by atoms with Crippen molar-refractivity contribution in [2.24, 2.45) is 0 Å². The van der Waals surface area contributed by atoms with Gasteiger partial charge in [-0.15, -0.1) is 0 Å². The maximum absolute atomic E-state index is 13.0. The third kappa shape index (κ3) is 5.31. The SMILES string of the molecule is Cc1nc(NS(=O)(=O)c2ccc(-c3ncc(-c4ccc(N(C)C)cc4)o3)cc2)nc(-c2ccccn2)n1. The van der Waals surface area contributed by atoms with E-state index in [0.717, 1.165) is 11.3 Å². The molecule has 3 heterocycles. The van der Waals surface area contributed by atoms with Crippen molar-refractivity contribution in [1.82, 2.24) is 24.9 Å². The fraction of sp³-hybridized carbons (Fsp3) is 0.115. The van der Waals surface area contributed by atoms with E-state index in [4.69, 9.17) is 4.42 Å². The third-order valence-electron chi connectivity index (χ3n) is 5.45. The quantitative estimate of drug-likeness (QED) is 0.336. The number of aryl methyl sites for hydroxylation is 1. The number of nitrogens with one attached hydrogen (secondary N) is 1. The molecule has 3 aromatic heterocycles. The summed E-state index contributed by atoms with van der Waals surface area (Å²) < 4.78 is 34.4. The molecule has 0 saturated carbocycles. The van der Waals surface area contributed by atoms with E-state index in [1.165, 1.54) is 12.1 Å². The number of hydrogen-bond acceptors (Lipinski definition) is 9. The summed E-state index contributed by atoms with van der Waals surface area (Å²) in [5.41, 5.74) is 3.12. The van der Waals surface area contributed by atoms with Crippen LogP contribution in [-0.2, 0) is 10.0 Å². The van der Waals surface area contributed by atoms with Gasteiger partial charge in [-0.1, -0.05) is 6.07 Å². The molecule has 2 aromatic carbocycles. The van der Waals surface area contributed by atoms with Gasteiger partial charge in [0.25, 0.3) is 10.0 Å². The first-order valence-electron chi connectivity index (χ1n) is 11.3. The molecule has 0 saturated heterocycles. The van der Waals surface area contributed by atoms with Crippen LogP contribution in [0, 0.1) is 6.92 Å². The number of pyridine rings is 1. The minimum Gasteiger partial charge on any atom is -0.436 e. The molecular weight excluding hydrogens is 490 g/mol. The molecule has 1 N–H and O–H groups in total. The standard InChI is InChI=1S/C26H23N7O3S/c1-17-29-24(22-6-4-5-15-27-22)31-26(30-17)32-37(34,35)21-13-9-19(10-14-21)25-28-16-23(36-25)18-7-11-20(12-8-18)33(2)3/h4-16H,1-3H3,(H,29,30,31,32). The highest BCUT2D eigenvalue weighted by Crippen LogP contribution is 2.28. The number of hydrogen-bond donors (Lipinski definition) is 1. The second-order valence-corrected chi connectivity index (χ2v) is 10.0. The second kappa shape index (κ2) is 9.78. The Morgan fingerprint density at radius 2 is 1.57 bits per heavy atom. The van der Waals surface area contributed by atoms with Gasteiger partial charge in [-0.3, -0.25) is 4.98 Å². The van der Waals surface area contributed by atoms with Crippen molar-refractivity contribution in [2.75, 3.05) is 23.7 Å². The predicted octanol–water partition coefficient (Wildman–Crippen LogP) is 4.43. The first-order valence-corrected chi connectivity index (χ1v) is 12.8. The molecule has 0 unspecified atom stereocenters. The van der Waals surface area contributed by atoms with E-state index in [1.54, 1.807) is 49.6 Å². The summed E-state index contributed by atoms with van der Waals surface area (Å²) in [5, 5.41) is 0. The number of aromatic nitrogens is 5. The number of oxazole rings is 1. The summed E-state index contributed by atoms with van der Waals surface area (Å²) in [6, 6.07) is 19.4. The van der Waals surface area contributed by atoms with Crippen LogP contribution < -0.4 is 9.62 Å². The topological polar surface area (TPSA) is 127 Å². The van der Waals surface area contributed by atoms with E-state index in [2.05, 4.69) is 29.6 Å². The molecule has 37 heavy (non-hydrogen) atoms. The van der Waals surface area contributed by atoms with Crippen molar-refractivity contribution in [3.05, 3.63) is 84.9 Å². The van der Waals surface area contributed by atoms with Crippen LogP contribution in [0.15, 0.2) is 88.4 Å². The van der Waals surface area contributed by atoms with Gasteiger partial charge in [0.1, 0.15) is 11.5 Å². The van der Waals surface area contributed by atoms with Crippen LogP contribution in [0.3, 0.4) is 0 Å². The summed E-state index contributed by atoms with van der Waals surface area (Å²) >= 11 is 0. The normalized spacial score (nSPS) is 11.3. The van der Waals surface area contributed by atoms with E-state index < -0.39 is 10.0 Å². The van der Waals surface area contributed by atoms with Gasteiger partial charge in [-0.25, -0.2) is 23.1 Å². The van der Waals surface area contributed by atoms with Gasteiger partial charge in [-0.2, -0.15) is 9.97 Å². The van der Waals surface area contributed by atoms with Gasteiger partial charge >= 0.3 is 0 Å². The van der Waals surface area contributed by atoms with E-state index in [9.17, 15) is 8.42 Å². The summed E-state index contributed by atoms with van der Waals surface area (Å²) in [5.74, 6) is 1.55. The minimum absolute atomic E-state index is 0.0414. The van der Waals surface area contributed by atoms with Crippen molar-refractivity contribution in [3.8, 4) is 34.3 Å². The first-order chi connectivity index (χ1) is 17.8. The molecule has 5 rings (SSSR count). The van der Waals surface area contributed by atoms with Crippen LogP contribution in [-0.4, -0.2) is 47.4 Å². The molecule has 0 bridgehead atoms. The lowest BCUT2D eigenvalue weighted by Gasteiger charge is -2.11. The molecule has 0 aliphatic rings. The van der Waals surface area contributed by atoms with Gasteiger partial charge in [0.2, 0.25) is 11.8 Å². The molecule has 0 atom stereocenters. The molecule has 0 amide bonds. The zero-order valence-electron chi connectivity index (χ0n) is 20.3. The molecular formula is C26H23N7O3S. The third-order valence-corrected chi connectivity index (χ3v) is 6.80. The Morgan fingerprint density at radius 3 is 2.24 bits per heavy atom. The Bertz CT molecular complexity index is 1630. The Labute approximate surface area is 214 Å². The molecule has 11 heteroatoms. The highest BCUT2D eigenvalue weighted by molar-refractivity contribution is 7.92. The lowest BCUT2D eigenvalue weighted by atomic mass is 10.1. The van der Waals surface area contributed by atoms with Crippen molar-refractivity contribution < 1.29 is 12.8 Å². The largest absolute Gasteiger partial charge is 0.436 e. The lowest BCUT2D eigenvalue weighted by Crippen LogP contribution is -2.16.